The molecule has 90 valence electrons. The average molecular weight is 257 g/mol. The van der Waals surface area contributed by atoms with Crippen molar-refractivity contribution in [3.8, 4) is 0 Å². The van der Waals surface area contributed by atoms with Gasteiger partial charge in [0, 0.05) is 24.0 Å². The second kappa shape index (κ2) is 4.14. The van der Waals surface area contributed by atoms with Crippen LogP contribution in [0.5, 0.6) is 0 Å². The maximum absolute atomic E-state index is 6.07. The summed E-state index contributed by atoms with van der Waals surface area (Å²) in [5.74, 6) is 0.102. The van der Waals surface area contributed by atoms with Gasteiger partial charge in [-0.2, -0.15) is 0 Å². The molecule has 1 unspecified atom stereocenters. The first-order valence-electron chi connectivity index (χ1n) is 5.81. The first-order chi connectivity index (χ1) is 8.68. The van der Waals surface area contributed by atoms with Crippen LogP contribution in [0.25, 0.3) is 0 Å². The van der Waals surface area contributed by atoms with Gasteiger partial charge in [0.05, 0.1) is 17.3 Å². The highest BCUT2D eigenvalue weighted by atomic mass is 35.5. The predicted octanol–water partition coefficient (Wildman–Crippen LogP) is 3.83. The van der Waals surface area contributed by atoms with E-state index in [9.17, 15) is 0 Å². The first kappa shape index (κ1) is 11.3. The van der Waals surface area contributed by atoms with E-state index in [1.54, 1.807) is 0 Å². The van der Waals surface area contributed by atoms with E-state index in [1.807, 2.05) is 37.5 Å². The van der Waals surface area contributed by atoms with Gasteiger partial charge < -0.3 is 4.90 Å². The van der Waals surface area contributed by atoms with Crippen molar-refractivity contribution in [2.24, 2.45) is 0 Å². The molecule has 0 radical (unpaired) electrons. The molecule has 0 aliphatic carbocycles. The lowest BCUT2D eigenvalue weighted by molar-refractivity contribution is 0.929. The van der Waals surface area contributed by atoms with Crippen molar-refractivity contribution >= 4 is 17.3 Å². The Balaban J connectivity index is 2.16. The topological polar surface area (TPSA) is 16.1 Å². The summed E-state index contributed by atoms with van der Waals surface area (Å²) in [6, 6.07) is 11.9. The fraction of sp³-hybridized carbons (Fsp3) is 0.133. The van der Waals surface area contributed by atoms with Crippen LogP contribution in [0, 0.1) is 0 Å². The van der Waals surface area contributed by atoms with Crippen LogP contribution in [0.3, 0.4) is 0 Å². The van der Waals surface area contributed by atoms with Gasteiger partial charge in [0.25, 0.3) is 0 Å². The van der Waals surface area contributed by atoms with E-state index in [0.29, 0.717) is 0 Å². The molecule has 0 amide bonds. The minimum absolute atomic E-state index is 0.102. The molecular weight excluding hydrogens is 244 g/mol. The molecule has 18 heavy (non-hydrogen) atoms. The third kappa shape index (κ3) is 1.61. The molecule has 1 aromatic heterocycles. The van der Waals surface area contributed by atoms with Crippen molar-refractivity contribution < 1.29 is 0 Å². The molecule has 0 spiro atoms. The predicted molar refractivity (Wildman–Crippen MR) is 75.1 cm³/mol. The van der Waals surface area contributed by atoms with Crippen molar-refractivity contribution in [2.75, 3.05) is 11.9 Å². The van der Waals surface area contributed by atoms with Gasteiger partial charge in [0.1, 0.15) is 0 Å². The van der Waals surface area contributed by atoms with Crippen LogP contribution in [-0.4, -0.2) is 12.0 Å². The Bertz CT molecular complexity index is 621. The van der Waals surface area contributed by atoms with Gasteiger partial charge in [0.15, 0.2) is 0 Å². The Hall–Kier alpha value is -1.80. The average Bonchev–Trinajstić information content (AvgIpc) is 2.63. The molecule has 0 N–H and O–H groups in total. The molecular formula is C15H13ClN2. The quantitative estimate of drug-likeness (QED) is 0.771. The number of pyridine rings is 1. The van der Waals surface area contributed by atoms with Crippen LogP contribution in [0.4, 0.5) is 5.69 Å². The molecule has 3 heteroatoms. The third-order valence-electron chi connectivity index (χ3n) is 3.40. The first-order valence-corrected chi connectivity index (χ1v) is 6.19. The minimum atomic E-state index is 0.102. The molecule has 1 aliphatic heterocycles. The van der Waals surface area contributed by atoms with Crippen LogP contribution in [0.2, 0.25) is 5.02 Å². The van der Waals surface area contributed by atoms with Gasteiger partial charge in [-0.1, -0.05) is 30.3 Å². The lowest BCUT2D eigenvalue weighted by Gasteiger charge is -2.16. The zero-order valence-corrected chi connectivity index (χ0v) is 10.9. The molecule has 0 fully saturated rings. The number of hydrogen-bond donors (Lipinski definition) is 0. The van der Waals surface area contributed by atoms with Gasteiger partial charge in [-0.15, -0.1) is 0 Å². The highest BCUT2D eigenvalue weighted by Crippen LogP contribution is 2.44. The summed E-state index contributed by atoms with van der Waals surface area (Å²) in [6.07, 6.45) is 1.82. The number of hydrogen-bond acceptors (Lipinski definition) is 2. The van der Waals surface area contributed by atoms with Crippen molar-refractivity contribution in [1.29, 1.82) is 0 Å². The maximum Gasteiger partial charge on any atom is 0.0773 e. The zero-order valence-electron chi connectivity index (χ0n) is 10.1. The summed E-state index contributed by atoms with van der Waals surface area (Å²) in [5, 5.41) is 0.743. The summed E-state index contributed by atoms with van der Waals surface area (Å²) >= 11 is 6.07. The molecule has 2 aromatic rings. The SMILES string of the molecule is C=C1C(c2cccc(Cl)c2)c2ncccc2N1C. The number of likely N-dealkylation sites (N-methyl/N-ethyl adjacent to an activating group) is 1. The van der Waals surface area contributed by atoms with Gasteiger partial charge in [-0.3, -0.25) is 4.98 Å². The number of allylic oxidation sites excluding steroid dienone is 1. The molecule has 2 nitrogen and oxygen atoms in total. The Kier molecular flexibility index (Phi) is 2.60. The number of nitrogens with zero attached hydrogens (tertiary/aromatic N) is 2. The lowest BCUT2D eigenvalue weighted by Crippen LogP contribution is -2.12. The summed E-state index contributed by atoms with van der Waals surface area (Å²) < 4.78 is 0. The van der Waals surface area contributed by atoms with Crippen LogP contribution in [0.15, 0.2) is 54.9 Å². The van der Waals surface area contributed by atoms with Crippen molar-refractivity contribution in [3.05, 3.63) is 71.2 Å². The van der Waals surface area contributed by atoms with Crippen molar-refractivity contribution in [3.63, 3.8) is 0 Å². The second-order valence-corrected chi connectivity index (χ2v) is 4.88. The molecule has 0 saturated carbocycles. The third-order valence-corrected chi connectivity index (χ3v) is 3.63. The van der Waals surface area contributed by atoms with Gasteiger partial charge in [-0.05, 0) is 29.8 Å². The van der Waals surface area contributed by atoms with Gasteiger partial charge in [-0.25, -0.2) is 0 Å². The molecule has 1 atom stereocenters. The number of aromatic nitrogens is 1. The number of fused-ring (bicyclic) bond motifs is 1. The largest absolute Gasteiger partial charge is 0.346 e. The van der Waals surface area contributed by atoms with Crippen molar-refractivity contribution in [1.82, 2.24) is 4.98 Å². The Morgan fingerprint density at radius 1 is 1.28 bits per heavy atom. The van der Waals surface area contributed by atoms with Crippen LogP contribution in [-0.2, 0) is 0 Å². The number of anilines is 1. The van der Waals surface area contributed by atoms with Crippen LogP contribution < -0.4 is 4.90 Å². The Labute approximate surface area is 112 Å². The Morgan fingerprint density at radius 3 is 2.89 bits per heavy atom. The molecule has 1 aromatic carbocycles. The van der Waals surface area contributed by atoms with E-state index in [4.69, 9.17) is 11.6 Å². The fourth-order valence-corrected chi connectivity index (χ4v) is 2.66. The van der Waals surface area contributed by atoms with Crippen molar-refractivity contribution in [2.45, 2.75) is 5.92 Å². The monoisotopic (exact) mass is 256 g/mol. The van der Waals surface area contributed by atoms with E-state index in [-0.39, 0.29) is 5.92 Å². The highest BCUT2D eigenvalue weighted by Gasteiger charge is 2.32. The smallest absolute Gasteiger partial charge is 0.0773 e. The normalized spacial score (nSPS) is 18.0. The number of rotatable bonds is 1. The van der Waals surface area contributed by atoms with Gasteiger partial charge >= 0.3 is 0 Å². The van der Waals surface area contributed by atoms with E-state index >= 15 is 0 Å². The summed E-state index contributed by atoms with van der Waals surface area (Å²) in [7, 11) is 2.02. The lowest BCUT2D eigenvalue weighted by atomic mass is 9.95. The van der Waals surface area contributed by atoms with E-state index in [1.165, 1.54) is 0 Å². The maximum atomic E-state index is 6.07. The van der Waals surface area contributed by atoms with Crippen LogP contribution >= 0.6 is 11.6 Å². The zero-order chi connectivity index (χ0) is 12.7. The summed E-state index contributed by atoms with van der Waals surface area (Å²) in [6.45, 7) is 4.18. The van der Waals surface area contributed by atoms with E-state index in [0.717, 1.165) is 27.7 Å². The molecule has 0 bridgehead atoms. The minimum Gasteiger partial charge on any atom is -0.346 e. The summed E-state index contributed by atoms with van der Waals surface area (Å²) in [4.78, 5) is 6.59. The van der Waals surface area contributed by atoms with Crippen LogP contribution in [0.1, 0.15) is 17.2 Å². The van der Waals surface area contributed by atoms with E-state index in [2.05, 4.69) is 28.6 Å². The summed E-state index contributed by atoms with van der Waals surface area (Å²) in [5.41, 5.74) is 4.34. The second-order valence-electron chi connectivity index (χ2n) is 4.45. The molecule has 1 aliphatic rings. The molecule has 0 saturated heterocycles. The Morgan fingerprint density at radius 2 is 2.11 bits per heavy atom. The highest BCUT2D eigenvalue weighted by molar-refractivity contribution is 6.30. The number of halogens is 1. The number of benzene rings is 1. The standard InChI is InChI=1S/C15H13ClN2/c1-10-14(11-5-3-6-12(16)9-11)15-13(18(10)2)7-4-8-17-15/h3-9,14H,1H2,2H3. The fourth-order valence-electron chi connectivity index (χ4n) is 2.46. The molecule has 3 rings (SSSR count). The molecule has 2 heterocycles. The van der Waals surface area contributed by atoms with E-state index < -0.39 is 0 Å². The van der Waals surface area contributed by atoms with Gasteiger partial charge in [0.2, 0.25) is 0 Å².